The molecule has 0 spiro atoms. The molecule has 0 saturated carbocycles. The van der Waals surface area contributed by atoms with Gasteiger partial charge in [0.05, 0.1) is 0 Å². The Morgan fingerprint density at radius 2 is 2.25 bits per heavy atom. The monoisotopic (exact) mass is 126 g/mol. The molecule has 42 valence electrons. The van der Waals surface area contributed by atoms with Crippen LogP contribution in [-0.4, -0.2) is 5.78 Å². The second-order valence-electron chi connectivity index (χ2n) is 1.63. The molecule has 0 aromatic heterocycles. The minimum absolute atomic E-state index is 0.155. The zero-order valence-corrected chi connectivity index (χ0v) is 5.19. The molecule has 8 heavy (non-hydrogen) atoms. The van der Waals surface area contributed by atoms with Gasteiger partial charge in [-0.1, -0.05) is 6.08 Å². The molecule has 0 heterocycles. The van der Waals surface area contributed by atoms with Crippen molar-refractivity contribution < 1.29 is 4.79 Å². The zero-order valence-electron chi connectivity index (χ0n) is 4.29. The summed E-state index contributed by atoms with van der Waals surface area (Å²) < 4.78 is 0. The third-order valence-electron chi connectivity index (χ3n) is 0.952. The van der Waals surface area contributed by atoms with Crippen molar-refractivity contribution in [3.63, 3.8) is 0 Å². The van der Waals surface area contributed by atoms with Crippen LogP contribution in [0.4, 0.5) is 0 Å². The van der Waals surface area contributed by atoms with E-state index in [9.17, 15) is 4.79 Å². The van der Waals surface area contributed by atoms with E-state index < -0.39 is 0 Å². The third kappa shape index (κ3) is 1.23. The van der Waals surface area contributed by atoms with Gasteiger partial charge >= 0.3 is 0 Å². The van der Waals surface area contributed by atoms with Gasteiger partial charge in [0.1, 0.15) is 0 Å². The summed E-state index contributed by atoms with van der Waals surface area (Å²) in [6.45, 7) is 0. The Hall–Kier alpha value is -0.500. The maximum absolute atomic E-state index is 10.4. The molecule has 0 radical (unpaired) electrons. The summed E-state index contributed by atoms with van der Waals surface area (Å²) in [6.07, 6.45) is 5.55. The van der Waals surface area contributed by atoms with Crippen LogP contribution in [0.15, 0.2) is 23.1 Å². The van der Waals surface area contributed by atoms with Gasteiger partial charge in [-0.25, -0.2) is 0 Å². The normalized spacial score (nSPS) is 18.6. The van der Waals surface area contributed by atoms with E-state index in [0.717, 1.165) is 4.91 Å². The van der Waals surface area contributed by atoms with Crippen molar-refractivity contribution in [1.82, 2.24) is 0 Å². The van der Waals surface area contributed by atoms with Gasteiger partial charge in [0.15, 0.2) is 5.78 Å². The zero-order chi connectivity index (χ0) is 5.98. The van der Waals surface area contributed by atoms with Crippen LogP contribution in [0.3, 0.4) is 0 Å². The van der Waals surface area contributed by atoms with Crippen LogP contribution in [0.1, 0.15) is 6.42 Å². The highest BCUT2D eigenvalue weighted by molar-refractivity contribution is 7.84. The van der Waals surface area contributed by atoms with Crippen molar-refractivity contribution in [3.8, 4) is 0 Å². The van der Waals surface area contributed by atoms with Crippen LogP contribution in [0.2, 0.25) is 0 Å². The molecule has 1 aliphatic rings. The van der Waals surface area contributed by atoms with E-state index >= 15 is 0 Å². The lowest BCUT2D eigenvalue weighted by Gasteiger charge is -1.95. The number of rotatable bonds is 0. The van der Waals surface area contributed by atoms with Crippen LogP contribution >= 0.6 is 12.6 Å². The van der Waals surface area contributed by atoms with Gasteiger partial charge in [-0.15, -0.1) is 12.6 Å². The largest absolute Gasteiger partial charge is 0.295 e. The smallest absolute Gasteiger partial charge is 0.159 e. The fraction of sp³-hybridized carbons (Fsp3) is 0.167. The molecule has 0 saturated heterocycles. The molecular formula is C6H6OS. The van der Waals surface area contributed by atoms with Gasteiger partial charge in [-0.3, -0.25) is 4.79 Å². The molecule has 0 N–H and O–H groups in total. The SMILES string of the molecule is O=C1C=CC(S)=CC1. The number of allylic oxidation sites excluding steroid dienone is 3. The molecular weight excluding hydrogens is 120 g/mol. The summed E-state index contributed by atoms with van der Waals surface area (Å²) in [5.41, 5.74) is 0. The summed E-state index contributed by atoms with van der Waals surface area (Å²) in [5.74, 6) is 0.155. The first-order chi connectivity index (χ1) is 3.79. The summed E-state index contributed by atoms with van der Waals surface area (Å²) in [5, 5.41) is 0. The van der Waals surface area contributed by atoms with Gasteiger partial charge < -0.3 is 0 Å². The number of carbonyl (C=O) groups excluding carboxylic acids is 1. The molecule has 0 bridgehead atoms. The molecule has 0 fully saturated rings. The fourth-order valence-corrected chi connectivity index (χ4v) is 0.685. The van der Waals surface area contributed by atoms with Gasteiger partial charge in [-0.2, -0.15) is 0 Å². The molecule has 1 nitrogen and oxygen atoms in total. The van der Waals surface area contributed by atoms with E-state index in [1.807, 2.05) is 0 Å². The van der Waals surface area contributed by atoms with E-state index in [4.69, 9.17) is 0 Å². The van der Waals surface area contributed by atoms with Crippen molar-refractivity contribution >= 4 is 18.4 Å². The first-order valence-electron chi connectivity index (χ1n) is 2.39. The Labute approximate surface area is 53.5 Å². The van der Waals surface area contributed by atoms with Gasteiger partial charge in [-0.05, 0) is 12.2 Å². The van der Waals surface area contributed by atoms with Gasteiger partial charge in [0.2, 0.25) is 0 Å². The molecule has 0 aromatic carbocycles. The molecule has 0 aromatic rings. The highest BCUT2D eigenvalue weighted by Crippen LogP contribution is 2.09. The third-order valence-corrected chi connectivity index (χ3v) is 1.28. The molecule has 1 rings (SSSR count). The van der Waals surface area contributed by atoms with Gasteiger partial charge in [0, 0.05) is 11.3 Å². The second-order valence-corrected chi connectivity index (χ2v) is 2.15. The maximum atomic E-state index is 10.4. The van der Waals surface area contributed by atoms with Gasteiger partial charge in [0.25, 0.3) is 0 Å². The van der Waals surface area contributed by atoms with Crippen molar-refractivity contribution in [2.75, 3.05) is 0 Å². The van der Waals surface area contributed by atoms with Crippen LogP contribution in [-0.2, 0) is 4.79 Å². The Morgan fingerprint density at radius 3 is 2.62 bits per heavy atom. The first-order valence-corrected chi connectivity index (χ1v) is 2.84. The summed E-state index contributed by atoms with van der Waals surface area (Å²) >= 11 is 4.02. The molecule has 0 atom stereocenters. The highest BCUT2D eigenvalue weighted by Gasteiger charge is 1.97. The number of hydrogen-bond acceptors (Lipinski definition) is 2. The first kappa shape index (κ1) is 5.63. The molecule has 0 amide bonds. The molecule has 0 aliphatic heterocycles. The lowest BCUT2D eigenvalue weighted by atomic mass is 10.2. The van der Waals surface area contributed by atoms with E-state index in [2.05, 4.69) is 12.6 Å². The van der Waals surface area contributed by atoms with Crippen molar-refractivity contribution in [1.29, 1.82) is 0 Å². The predicted octanol–water partition coefficient (Wildman–Crippen LogP) is 1.33. The quantitative estimate of drug-likeness (QED) is 0.484. The van der Waals surface area contributed by atoms with Crippen molar-refractivity contribution in [3.05, 3.63) is 23.1 Å². The number of hydrogen-bond donors (Lipinski definition) is 1. The second kappa shape index (κ2) is 2.18. The minimum atomic E-state index is 0.155. The van der Waals surface area contributed by atoms with E-state index in [0.29, 0.717) is 6.42 Å². The Bertz CT molecular complexity index is 165. The summed E-state index contributed by atoms with van der Waals surface area (Å²) in [4.78, 5) is 11.3. The van der Waals surface area contributed by atoms with Crippen LogP contribution < -0.4 is 0 Å². The van der Waals surface area contributed by atoms with E-state index in [-0.39, 0.29) is 5.78 Å². The lowest BCUT2D eigenvalue weighted by molar-refractivity contribution is -0.113. The summed E-state index contributed by atoms with van der Waals surface area (Å²) in [7, 11) is 0. The molecule has 0 unspecified atom stereocenters. The average Bonchev–Trinajstić information content (AvgIpc) is 1.77. The molecule has 2 heteroatoms. The topological polar surface area (TPSA) is 17.1 Å². The van der Waals surface area contributed by atoms with Crippen molar-refractivity contribution in [2.24, 2.45) is 0 Å². The fourth-order valence-electron chi connectivity index (χ4n) is 0.520. The van der Waals surface area contributed by atoms with Crippen LogP contribution in [0, 0.1) is 0 Å². The predicted molar refractivity (Wildman–Crippen MR) is 35.8 cm³/mol. The van der Waals surface area contributed by atoms with Crippen LogP contribution in [0.5, 0.6) is 0 Å². The standard InChI is InChI=1S/C6H6OS/c7-5-1-3-6(8)4-2-5/h1,3-4,8H,2H2. The summed E-state index contributed by atoms with van der Waals surface area (Å²) in [6, 6.07) is 0. The minimum Gasteiger partial charge on any atom is -0.295 e. The Morgan fingerprint density at radius 1 is 1.50 bits per heavy atom. The molecule has 1 aliphatic carbocycles. The van der Waals surface area contributed by atoms with Crippen LogP contribution in [0.25, 0.3) is 0 Å². The number of carbonyl (C=O) groups is 1. The lowest BCUT2D eigenvalue weighted by Crippen LogP contribution is -1.92. The number of thiol groups is 1. The average molecular weight is 126 g/mol. The maximum Gasteiger partial charge on any atom is 0.159 e. The number of ketones is 1. The Balaban J connectivity index is 2.71. The van der Waals surface area contributed by atoms with E-state index in [1.54, 1.807) is 18.2 Å². The highest BCUT2D eigenvalue weighted by atomic mass is 32.1. The van der Waals surface area contributed by atoms with Crippen molar-refractivity contribution in [2.45, 2.75) is 6.42 Å². The van der Waals surface area contributed by atoms with E-state index in [1.165, 1.54) is 0 Å². The Kier molecular flexibility index (Phi) is 1.53.